The molecule has 0 aromatic rings. The van der Waals surface area contributed by atoms with E-state index in [1.165, 1.54) is 6.42 Å². The molecule has 0 aromatic heterocycles. The van der Waals surface area contributed by atoms with Crippen molar-refractivity contribution in [1.29, 1.82) is 0 Å². The Morgan fingerprint density at radius 1 is 1.38 bits per heavy atom. The van der Waals surface area contributed by atoms with Crippen LogP contribution in [-0.2, 0) is 4.79 Å². The van der Waals surface area contributed by atoms with Gasteiger partial charge in [0.05, 0.1) is 6.54 Å². The number of carbonyl (C=O) groups is 1. The monoisotopic (exact) mass is 184 g/mol. The number of amides is 1. The molecule has 3 heteroatoms. The van der Waals surface area contributed by atoms with Crippen LogP contribution < -0.4 is 0 Å². The first kappa shape index (κ1) is 10.5. The van der Waals surface area contributed by atoms with Crippen molar-refractivity contribution in [3.05, 3.63) is 0 Å². The summed E-state index contributed by atoms with van der Waals surface area (Å²) in [4.78, 5) is 15.1. The zero-order valence-corrected chi connectivity index (χ0v) is 9.08. The molecular formula is C10H20N2O. The molecule has 0 spiro atoms. The Morgan fingerprint density at radius 2 is 1.92 bits per heavy atom. The molecule has 76 valence electrons. The Balaban J connectivity index is 2.17. The third kappa shape index (κ3) is 3.35. The van der Waals surface area contributed by atoms with Gasteiger partial charge in [0.1, 0.15) is 0 Å². The Morgan fingerprint density at radius 3 is 2.31 bits per heavy atom. The van der Waals surface area contributed by atoms with Crippen molar-refractivity contribution in [2.24, 2.45) is 11.8 Å². The van der Waals surface area contributed by atoms with Crippen molar-refractivity contribution in [2.75, 3.05) is 34.2 Å². The molecule has 0 bridgehead atoms. The van der Waals surface area contributed by atoms with Crippen molar-refractivity contribution in [1.82, 2.24) is 9.80 Å². The second-order valence-corrected chi connectivity index (χ2v) is 4.46. The molecule has 1 aliphatic rings. The largest absolute Gasteiger partial charge is 0.348 e. The maximum Gasteiger partial charge on any atom is 0.236 e. The minimum Gasteiger partial charge on any atom is -0.348 e. The highest BCUT2D eigenvalue weighted by atomic mass is 16.2. The van der Waals surface area contributed by atoms with Gasteiger partial charge in [-0.2, -0.15) is 0 Å². The van der Waals surface area contributed by atoms with E-state index in [0.29, 0.717) is 6.54 Å². The highest BCUT2D eigenvalue weighted by molar-refractivity contribution is 5.77. The standard InChI is InChI=1S/C10H20N2O/c1-8-5-9(8)6-12(4)7-10(13)11(2)3/h8-9H,5-7H2,1-4H3/t8-,9-/m1/s1. The number of nitrogens with zero attached hydrogens (tertiary/aromatic N) is 2. The molecular weight excluding hydrogens is 164 g/mol. The van der Waals surface area contributed by atoms with Gasteiger partial charge in [-0.05, 0) is 25.3 Å². The summed E-state index contributed by atoms with van der Waals surface area (Å²) in [7, 11) is 5.62. The lowest BCUT2D eigenvalue weighted by Crippen LogP contribution is -2.35. The van der Waals surface area contributed by atoms with Gasteiger partial charge in [-0.25, -0.2) is 0 Å². The summed E-state index contributed by atoms with van der Waals surface area (Å²) in [6.07, 6.45) is 1.33. The number of likely N-dealkylation sites (N-methyl/N-ethyl adjacent to an activating group) is 2. The Kier molecular flexibility index (Phi) is 3.31. The zero-order chi connectivity index (χ0) is 10.0. The van der Waals surface area contributed by atoms with Gasteiger partial charge in [0.15, 0.2) is 0 Å². The van der Waals surface area contributed by atoms with Crippen molar-refractivity contribution in [3.63, 3.8) is 0 Å². The third-order valence-corrected chi connectivity index (χ3v) is 2.73. The van der Waals surface area contributed by atoms with Gasteiger partial charge in [0, 0.05) is 20.6 Å². The molecule has 0 radical (unpaired) electrons. The third-order valence-electron chi connectivity index (χ3n) is 2.73. The number of hydrogen-bond acceptors (Lipinski definition) is 2. The molecule has 1 amide bonds. The first-order chi connectivity index (χ1) is 6.00. The van der Waals surface area contributed by atoms with Gasteiger partial charge in [-0.1, -0.05) is 6.92 Å². The van der Waals surface area contributed by atoms with Gasteiger partial charge < -0.3 is 4.90 Å². The lowest BCUT2D eigenvalue weighted by atomic mass is 10.3. The van der Waals surface area contributed by atoms with E-state index >= 15 is 0 Å². The summed E-state index contributed by atoms with van der Waals surface area (Å²) in [6, 6.07) is 0. The molecule has 1 rings (SSSR count). The minimum atomic E-state index is 0.191. The van der Waals surface area contributed by atoms with E-state index in [0.717, 1.165) is 18.4 Å². The summed E-state index contributed by atoms with van der Waals surface area (Å²) in [5.74, 6) is 1.90. The molecule has 1 fully saturated rings. The second kappa shape index (κ2) is 4.09. The number of rotatable bonds is 4. The molecule has 1 aliphatic carbocycles. The smallest absolute Gasteiger partial charge is 0.236 e. The van der Waals surface area contributed by atoms with Gasteiger partial charge in [0.25, 0.3) is 0 Å². The van der Waals surface area contributed by atoms with Crippen LogP contribution in [0.25, 0.3) is 0 Å². The van der Waals surface area contributed by atoms with Crippen molar-refractivity contribution >= 4 is 5.91 Å². The summed E-state index contributed by atoms with van der Waals surface area (Å²) in [5.41, 5.74) is 0. The van der Waals surface area contributed by atoms with Gasteiger partial charge >= 0.3 is 0 Å². The van der Waals surface area contributed by atoms with E-state index in [1.807, 2.05) is 7.05 Å². The molecule has 3 nitrogen and oxygen atoms in total. The van der Waals surface area contributed by atoms with E-state index in [9.17, 15) is 4.79 Å². The minimum absolute atomic E-state index is 0.191. The first-order valence-electron chi connectivity index (χ1n) is 4.89. The average molecular weight is 184 g/mol. The van der Waals surface area contributed by atoms with E-state index in [2.05, 4.69) is 11.8 Å². The summed E-state index contributed by atoms with van der Waals surface area (Å²) < 4.78 is 0. The zero-order valence-electron chi connectivity index (χ0n) is 9.08. The van der Waals surface area contributed by atoms with Crippen LogP contribution in [0.15, 0.2) is 0 Å². The Bertz CT molecular complexity index is 191. The molecule has 0 N–H and O–H groups in total. The van der Waals surface area contributed by atoms with Crippen LogP contribution in [0.4, 0.5) is 0 Å². The van der Waals surface area contributed by atoms with Crippen LogP contribution in [0.2, 0.25) is 0 Å². The van der Waals surface area contributed by atoms with Gasteiger partial charge in [0.2, 0.25) is 5.91 Å². The van der Waals surface area contributed by atoms with Crippen LogP contribution in [0.5, 0.6) is 0 Å². The fraction of sp³-hybridized carbons (Fsp3) is 0.900. The SMILES string of the molecule is C[C@@H]1C[C@@H]1CN(C)CC(=O)N(C)C. The van der Waals surface area contributed by atoms with Gasteiger partial charge in [-0.15, -0.1) is 0 Å². The lowest BCUT2D eigenvalue weighted by molar-refractivity contribution is -0.129. The van der Waals surface area contributed by atoms with Crippen LogP contribution >= 0.6 is 0 Å². The summed E-state index contributed by atoms with van der Waals surface area (Å²) >= 11 is 0. The lowest BCUT2D eigenvalue weighted by Gasteiger charge is -2.18. The highest BCUT2D eigenvalue weighted by Gasteiger charge is 2.33. The first-order valence-corrected chi connectivity index (χ1v) is 4.89. The fourth-order valence-electron chi connectivity index (χ4n) is 1.49. The maximum atomic E-state index is 11.3. The topological polar surface area (TPSA) is 23.6 Å². The van der Waals surface area contributed by atoms with E-state index < -0.39 is 0 Å². The number of hydrogen-bond donors (Lipinski definition) is 0. The van der Waals surface area contributed by atoms with E-state index in [4.69, 9.17) is 0 Å². The molecule has 0 aromatic carbocycles. The summed E-state index contributed by atoms with van der Waals surface area (Å²) in [6.45, 7) is 3.89. The van der Waals surface area contributed by atoms with Crippen LogP contribution in [0, 0.1) is 11.8 Å². The molecule has 2 atom stereocenters. The second-order valence-electron chi connectivity index (χ2n) is 4.46. The Hall–Kier alpha value is -0.570. The van der Waals surface area contributed by atoms with Crippen LogP contribution in [-0.4, -0.2) is 49.9 Å². The average Bonchev–Trinajstić information content (AvgIpc) is 2.65. The maximum absolute atomic E-state index is 11.3. The fourth-order valence-corrected chi connectivity index (χ4v) is 1.49. The highest BCUT2D eigenvalue weighted by Crippen LogP contribution is 2.37. The predicted molar refractivity (Wildman–Crippen MR) is 53.5 cm³/mol. The molecule has 1 saturated carbocycles. The normalized spacial score (nSPS) is 26.2. The molecule has 0 saturated heterocycles. The Labute approximate surface area is 80.7 Å². The van der Waals surface area contributed by atoms with E-state index in [-0.39, 0.29) is 5.91 Å². The molecule has 0 unspecified atom stereocenters. The van der Waals surface area contributed by atoms with Crippen molar-refractivity contribution in [3.8, 4) is 0 Å². The van der Waals surface area contributed by atoms with E-state index in [1.54, 1.807) is 19.0 Å². The van der Waals surface area contributed by atoms with Gasteiger partial charge in [-0.3, -0.25) is 9.69 Å². The van der Waals surface area contributed by atoms with Crippen LogP contribution in [0.3, 0.4) is 0 Å². The quantitative estimate of drug-likeness (QED) is 0.641. The molecule has 13 heavy (non-hydrogen) atoms. The predicted octanol–water partition coefficient (Wildman–Crippen LogP) is 0.662. The van der Waals surface area contributed by atoms with Crippen LogP contribution in [0.1, 0.15) is 13.3 Å². The van der Waals surface area contributed by atoms with Crippen molar-refractivity contribution < 1.29 is 4.79 Å². The van der Waals surface area contributed by atoms with Crippen molar-refractivity contribution in [2.45, 2.75) is 13.3 Å². The molecule has 0 heterocycles. The molecule has 0 aliphatic heterocycles. The summed E-state index contributed by atoms with van der Waals surface area (Å²) in [5, 5.41) is 0. The number of carbonyl (C=O) groups excluding carboxylic acids is 1.